The molecule has 102 valence electrons. The Labute approximate surface area is 112 Å². The molecule has 0 radical (unpaired) electrons. The molecule has 0 saturated heterocycles. The normalized spacial score (nSPS) is 11.0. The number of anilines is 1. The molecule has 0 heterocycles. The van der Waals surface area contributed by atoms with Crippen LogP contribution in [0.5, 0.6) is 0 Å². The molecule has 18 heavy (non-hydrogen) atoms. The van der Waals surface area contributed by atoms with E-state index in [0.717, 1.165) is 12.1 Å². The van der Waals surface area contributed by atoms with E-state index < -0.39 is 0 Å². The van der Waals surface area contributed by atoms with Crippen molar-refractivity contribution in [3.8, 4) is 0 Å². The average Bonchev–Trinajstić information content (AvgIpc) is 2.35. The van der Waals surface area contributed by atoms with Gasteiger partial charge in [-0.25, -0.2) is 0 Å². The van der Waals surface area contributed by atoms with Crippen LogP contribution in [0.25, 0.3) is 0 Å². The Morgan fingerprint density at radius 3 is 2.50 bits per heavy atom. The first-order valence-electron chi connectivity index (χ1n) is 7.07. The summed E-state index contributed by atoms with van der Waals surface area (Å²) in [6.45, 7) is 9.92. The summed E-state index contributed by atoms with van der Waals surface area (Å²) in [5, 5.41) is 9.52. The molecule has 0 aliphatic rings. The van der Waals surface area contributed by atoms with Gasteiger partial charge in [0.25, 0.3) is 0 Å². The summed E-state index contributed by atoms with van der Waals surface area (Å²) >= 11 is 0. The highest BCUT2D eigenvalue weighted by molar-refractivity contribution is 5.55. The minimum atomic E-state index is 0.119. The number of aliphatic hydroxyl groups excluding tert-OH is 1. The molecule has 0 atom stereocenters. The van der Waals surface area contributed by atoms with Gasteiger partial charge in [-0.05, 0) is 33.3 Å². The highest BCUT2D eigenvalue weighted by Crippen LogP contribution is 2.24. The molecule has 1 aromatic carbocycles. The Hall–Kier alpha value is -1.02. The van der Waals surface area contributed by atoms with E-state index in [1.165, 1.54) is 30.5 Å². The third-order valence-electron chi connectivity index (χ3n) is 3.34. The average molecular weight is 249 g/mol. The predicted molar refractivity (Wildman–Crippen MR) is 79.1 cm³/mol. The quantitative estimate of drug-likeness (QED) is 0.741. The number of hydrogen-bond donors (Lipinski definition) is 1. The fourth-order valence-corrected chi connectivity index (χ4v) is 2.31. The van der Waals surface area contributed by atoms with Crippen LogP contribution in [0.2, 0.25) is 0 Å². The number of unbranched alkanes of at least 4 members (excludes halogenated alkanes) is 2. The summed E-state index contributed by atoms with van der Waals surface area (Å²) in [5.74, 6) is 0. The first kappa shape index (κ1) is 15.0. The summed E-state index contributed by atoms with van der Waals surface area (Å²) < 4.78 is 0. The van der Waals surface area contributed by atoms with E-state index in [9.17, 15) is 5.11 Å². The van der Waals surface area contributed by atoms with Crippen LogP contribution in [0.3, 0.4) is 0 Å². The molecule has 0 unspecified atom stereocenters. The summed E-state index contributed by atoms with van der Waals surface area (Å²) in [4.78, 5) is 2.40. The van der Waals surface area contributed by atoms with Crippen molar-refractivity contribution >= 4 is 5.69 Å². The molecule has 0 aliphatic heterocycles. The highest BCUT2D eigenvalue weighted by Gasteiger charge is 2.13. The zero-order chi connectivity index (χ0) is 13.5. The Balaban J connectivity index is 2.90. The van der Waals surface area contributed by atoms with Crippen LogP contribution in [-0.4, -0.2) is 17.7 Å². The molecule has 1 N–H and O–H groups in total. The van der Waals surface area contributed by atoms with Crippen LogP contribution in [0.15, 0.2) is 18.2 Å². The number of aliphatic hydroxyl groups is 1. The third kappa shape index (κ3) is 4.02. The van der Waals surface area contributed by atoms with E-state index in [-0.39, 0.29) is 6.61 Å². The van der Waals surface area contributed by atoms with Crippen LogP contribution < -0.4 is 4.90 Å². The molecule has 0 aromatic heterocycles. The maximum atomic E-state index is 9.52. The molecular weight excluding hydrogens is 222 g/mol. The first-order chi connectivity index (χ1) is 8.60. The number of aryl methyl sites for hydroxylation is 1. The van der Waals surface area contributed by atoms with Gasteiger partial charge in [-0.2, -0.15) is 0 Å². The van der Waals surface area contributed by atoms with Crippen molar-refractivity contribution in [2.45, 2.75) is 59.6 Å². The lowest BCUT2D eigenvalue weighted by Crippen LogP contribution is -2.32. The van der Waals surface area contributed by atoms with Crippen molar-refractivity contribution in [3.63, 3.8) is 0 Å². The van der Waals surface area contributed by atoms with Crippen LogP contribution in [0.1, 0.15) is 51.2 Å². The largest absolute Gasteiger partial charge is 0.392 e. The maximum Gasteiger partial charge on any atom is 0.0702 e. The van der Waals surface area contributed by atoms with Gasteiger partial charge < -0.3 is 10.0 Å². The number of rotatable bonds is 7. The van der Waals surface area contributed by atoms with Crippen LogP contribution >= 0.6 is 0 Å². The van der Waals surface area contributed by atoms with Gasteiger partial charge in [0, 0.05) is 23.8 Å². The maximum absolute atomic E-state index is 9.52. The first-order valence-corrected chi connectivity index (χ1v) is 7.07. The molecule has 0 fully saturated rings. The van der Waals surface area contributed by atoms with Crippen LogP contribution in [-0.2, 0) is 6.61 Å². The Morgan fingerprint density at radius 1 is 1.22 bits per heavy atom. The standard InChI is InChI=1S/C16H27NO/c1-5-6-7-10-17(13(2)3)16-9-8-14(4)11-15(16)12-18/h8-9,11,13,18H,5-7,10,12H2,1-4H3. The lowest BCUT2D eigenvalue weighted by molar-refractivity contribution is 0.281. The van der Waals surface area contributed by atoms with E-state index in [4.69, 9.17) is 0 Å². The van der Waals surface area contributed by atoms with E-state index in [2.05, 4.69) is 50.8 Å². The Morgan fingerprint density at radius 2 is 1.94 bits per heavy atom. The highest BCUT2D eigenvalue weighted by atomic mass is 16.3. The van der Waals surface area contributed by atoms with Gasteiger partial charge in [0.1, 0.15) is 0 Å². The van der Waals surface area contributed by atoms with Gasteiger partial charge in [-0.15, -0.1) is 0 Å². The zero-order valence-electron chi connectivity index (χ0n) is 12.2. The van der Waals surface area contributed by atoms with Crippen molar-refractivity contribution in [1.82, 2.24) is 0 Å². The van der Waals surface area contributed by atoms with E-state index >= 15 is 0 Å². The Bertz CT molecular complexity index is 360. The van der Waals surface area contributed by atoms with Gasteiger partial charge in [0.05, 0.1) is 6.61 Å². The van der Waals surface area contributed by atoms with Gasteiger partial charge >= 0.3 is 0 Å². The zero-order valence-corrected chi connectivity index (χ0v) is 12.2. The minimum absolute atomic E-state index is 0.119. The Kier molecular flexibility index (Phi) is 6.20. The number of hydrogen-bond acceptors (Lipinski definition) is 2. The van der Waals surface area contributed by atoms with Crippen LogP contribution in [0.4, 0.5) is 5.69 Å². The molecule has 1 rings (SSSR count). The molecule has 2 heteroatoms. The smallest absolute Gasteiger partial charge is 0.0702 e. The summed E-state index contributed by atoms with van der Waals surface area (Å²) in [7, 11) is 0. The summed E-state index contributed by atoms with van der Waals surface area (Å²) in [6.07, 6.45) is 3.73. The minimum Gasteiger partial charge on any atom is -0.392 e. The molecule has 0 saturated carbocycles. The topological polar surface area (TPSA) is 23.5 Å². The van der Waals surface area contributed by atoms with Crippen molar-refractivity contribution in [2.24, 2.45) is 0 Å². The van der Waals surface area contributed by atoms with Crippen molar-refractivity contribution in [1.29, 1.82) is 0 Å². The molecule has 0 amide bonds. The van der Waals surface area contributed by atoms with Crippen molar-refractivity contribution < 1.29 is 5.11 Å². The second-order valence-electron chi connectivity index (χ2n) is 5.28. The van der Waals surface area contributed by atoms with E-state index in [1.54, 1.807) is 0 Å². The molecule has 2 nitrogen and oxygen atoms in total. The molecule has 0 spiro atoms. The lowest BCUT2D eigenvalue weighted by Gasteiger charge is -2.31. The van der Waals surface area contributed by atoms with Gasteiger partial charge in [0.15, 0.2) is 0 Å². The van der Waals surface area contributed by atoms with Gasteiger partial charge in [0.2, 0.25) is 0 Å². The van der Waals surface area contributed by atoms with Crippen molar-refractivity contribution in [3.05, 3.63) is 29.3 Å². The van der Waals surface area contributed by atoms with Crippen LogP contribution in [0, 0.1) is 6.92 Å². The number of nitrogens with zero attached hydrogens (tertiary/aromatic N) is 1. The third-order valence-corrected chi connectivity index (χ3v) is 3.34. The molecule has 0 aliphatic carbocycles. The van der Waals surface area contributed by atoms with E-state index in [1.807, 2.05) is 0 Å². The summed E-state index contributed by atoms with van der Waals surface area (Å²) in [5.41, 5.74) is 3.44. The fraction of sp³-hybridized carbons (Fsp3) is 0.625. The number of benzene rings is 1. The SMILES string of the molecule is CCCCCN(c1ccc(C)cc1CO)C(C)C. The fourth-order valence-electron chi connectivity index (χ4n) is 2.31. The van der Waals surface area contributed by atoms with Gasteiger partial charge in [-0.3, -0.25) is 0 Å². The predicted octanol–water partition coefficient (Wildman–Crippen LogP) is 3.89. The van der Waals surface area contributed by atoms with Gasteiger partial charge in [-0.1, -0.05) is 37.5 Å². The lowest BCUT2D eigenvalue weighted by atomic mass is 10.1. The second kappa shape index (κ2) is 7.42. The molecular formula is C16H27NO. The second-order valence-corrected chi connectivity index (χ2v) is 5.28. The monoisotopic (exact) mass is 249 g/mol. The van der Waals surface area contributed by atoms with Crippen molar-refractivity contribution in [2.75, 3.05) is 11.4 Å². The summed E-state index contributed by atoms with van der Waals surface area (Å²) in [6, 6.07) is 6.83. The van der Waals surface area contributed by atoms with E-state index in [0.29, 0.717) is 6.04 Å². The molecule has 1 aromatic rings. The molecule has 0 bridgehead atoms.